The lowest BCUT2D eigenvalue weighted by atomic mass is 10.1. The van der Waals surface area contributed by atoms with Crippen molar-refractivity contribution in [3.8, 4) is 22.0 Å². The topological polar surface area (TPSA) is 52.1 Å². The Morgan fingerprint density at radius 1 is 1.13 bits per heavy atom. The molecule has 0 N–H and O–H groups in total. The number of ether oxygens (including phenoxy) is 1. The Bertz CT molecular complexity index is 828. The van der Waals surface area contributed by atoms with Crippen LogP contribution in [0.2, 0.25) is 0 Å². The molecule has 0 saturated carbocycles. The molecular weight excluding hydrogens is 308 g/mol. The van der Waals surface area contributed by atoms with E-state index in [1.54, 1.807) is 13.1 Å². The van der Waals surface area contributed by atoms with E-state index < -0.39 is 0 Å². The molecule has 2 heterocycles. The first-order valence-corrected chi connectivity index (χ1v) is 8.17. The number of thiazole rings is 1. The highest BCUT2D eigenvalue weighted by Gasteiger charge is 2.22. The molecule has 23 heavy (non-hydrogen) atoms. The van der Waals surface area contributed by atoms with Crippen LogP contribution in [0.4, 0.5) is 0 Å². The first-order valence-electron chi connectivity index (χ1n) is 7.36. The van der Waals surface area contributed by atoms with Gasteiger partial charge in [-0.2, -0.15) is 0 Å². The average Bonchev–Trinajstić information content (AvgIpc) is 3.01. The molecule has 0 spiro atoms. The first-order chi connectivity index (χ1) is 11.2. The van der Waals surface area contributed by atoms with Crippen LogP contribution in [0.5, 0.6) is 0 Å². The van der Waals surface area contributed by atoms with Crippen LogP contribution in [0, 0.1) is 6.92 Å². The zero-order chi connectivity index (χ0) is 16.2. The number of nitrogens with zero attached hydrogens (tertiary/aromatic N) is 2. The molecule has 0 atom stereocenters. The lowest BCUT2D eigenvalue weighted by molar-refractivity contribution is 0.0532. The van der Waals surface area contributed by atoms with Gasteiger partial charge in [-0.15, -0.1) is 11.3 Å². The van der Waals surface area contributed by atoms with E-state index in [9.17, 15) is 4.79 Å². The lowest BCUT2D eigenvalue weighted by Gasteiger charge is -2.01. The summed E-state index contributed by atoms with van der Waals surface area (Å²) in [5.41, 5.74) is 3.36. The lowest BCUT2D eigenvalue weighted by Crippen LogP contribution is -2.03. The number of rotatable bonds is 4. The Balaban J connectivity index is 2.14. The number of pyridine rings is 1. The van der Waals surface area contributed by atoms with Crippen molar-refractivity contribution in [3.05, 3.63) is 59.1 Å². The summed E-state index contributed by atoms with van der Waals surface area (Å²) in [6, 6.07) is 13.5. The second kappa shape index (κ2) is 6.71. The summed E-state index contributed by atoms with van der Waals surface area (Å²) in [7, 11) is 0. The van der Waals surface area contributed by atoms with Crippen LogP contribution in [-0.2, 0) is 4.74 Å². The molecular formula is C18H16N2O2S. The van der Waals surface area contributed by atoms with Crippen molar-refractivity contribution in [1.29, 1.82) is 0 Å². The molecule has 0 radical (unpaired) electrons. The van der Waals surface area contributed by atoms with E-state index in [-0.39, 0.29) is 5.97 Å². The minimum Gasteiger partial charge on any atom is -0.462 e. The molecule has 0 bridgehead atoms. The zero-order valence-electron chi connectivity index (χ0n) is 12.9. The van der Waals surface area contributed by atoms with Crippen molar-refractivity contribution >= 4 is 17.3 Å². The molecule has 4 nitrogen and oxygen atoms in total. The smallest absolute Gasteiger partial charge is 0.350 e. The number of hydrogen-bond acceptors (Lipinski definition) is 5. The van der Waals surface area contributed by atoms with E-state index >= 15 is 0 Å². The van der Waals surface area contributed by atoms with Gasteiger partial charge >= 0.3 is 5.97 Å². The number of benzene rings is 1. The standard InChI is InChI=1S/C18H16N2O2S/c1-3-22-18(21)16-15(13-9-5-4-6-10-13)20-17(23-16)14-12(2)8-7-11-19-14/h4-11H,3H2,1-2H3. The summed E-state index contributed by atoms with van der Waals surface area (Å²) in [4.78, 5) is 21.9. The number of esters is 1. The van der Waals surface area contributed by atoms with Gasteiger partial charge in [-0.1, -0.05) is 36.4 Å². The van der Waals surface area contributed by atoms with Gasteiger partial charge < -0.3 is 4.74 Å². The van der Waals surface area contributed by atoms with Crippen LogP contribution in [0.15, 0.2) is 48.7 Å². The Kier molecular flexibility index (Phi) is 4.48. The average molecular weight is 324 g/mol. The fourth-order valence-corrected chi connectivity index (χ4v) is 3.30. The molecule has 1 aromatic carbocycles. The monoisotopic (exact) mass is 324 g/mol. The van der Waals surface area contributed by atoms with Gasteiger partial charge in [0.2, 0.25) is 0 Å². The maximum absolute atomic E-state index is 12.3. The van der Waals surface area contributed by atoms with Crippen molar-refractivity contribution in [2.45, 2.75) is 13.8 Å². The predicted octanol–water partition coefficient (Wildman–Crippen LogP) is 4.36. The summed E-state index contributed by atoms with van der Waals surface area (Å²) in [5, 5.41) is 0.727. The number of carbonyl (C=O) groups is 1. The third kappa shape index (κ3) is 3.14. The van der Waals surface area contributed by atoms with Crippen molar-refractivity contribution in [1.82, 2.24) is 9.97 Å². The van der Waals surface area contributed by atoms with Gasteiger partial charge in [0.25, 0.3) is 0 Å². The number of hydrogen-bond donors (Lipinski definition) is 0. The molecule has 0 aliphatic rings. The van der Waals surface area contributed by atoms with Gasteiger partial charge in [-0.05, 0) is 25.5 Å². The number of carbonyl (C=O) groups excluding carboxylic acids is 1. The third-order valence-corrected chi connectivity index (χ3v) is 4.39. The normalized spacial score (nSPS) is 10.5. The summed E-state index contributed by atoms with van der Waals surface area (Å²) in [6.45, 7) is 4.11. The Morgan fingerprint density at radius 2 is 1.91 bits per heavy atom. The van der Waals surface area contributed by atoms with Crippen molar-refractivity contribution in [3.63, 3.8) is 0 Å². The second-order valence-electron chi connectivity index (χ2n) is 4.95. The Morgan fingerprint density at radius 3 is 2.61 bits per heavy atom. The third-order valence-electron chi connectivity index (χ3n) is 3.35. The summed E-state index contributed by atoms with van der Waals surface area (Å²) in [6.07, 6.45) is 1.73. The summed E-state index contributed by atoms with van der Waals surface area (Å²) in [5.74, 6) is -0.344. The fourth-order valence-electron chi connectivity index (χ4n) is 2.26. The predicted molar refractivity (Wildman–Crippen MR) is 91.5 cm³/mol. The molecule has 0 aliphatic heterocycles. The van der Waals surface area contributed by atoms with Gasteiger partial charge in [0.05, 0.1) is 12.3 Å². The van der Waals surface area contributed by atoms with Gasteiger partial charge in [0, 0.05) is 11.8 Å². The minimum atomic E-state index is -0.344. The molecule has 3 rings (SSSR count). The second-order valence-corrected chi connectivity index (χ2v) is 5.95. The Hall–Kier alpha value is -2.53. The molecule has 3 aromatic rings. The van der Waals surface area contributed by atoms with E-state index in [1.165, 1.54) is 11.3 Å². The van der Waals surface area contributed by atoms with Crippen LogP contribution in [0.25, 0.3) is 22.0 Å². The van der Waals surface area contributed by atoms with Gasteiger partial charge in [-0.3, -0.25) is 4.98 Å². The largest absolute Gasteiger partial charge is 0.462 e. The molecule has 0 amide bonds. The van der Waals surface area contributed by atoms with E-state index in [0.717, 1.165) is 21.8 Å². The fraction of sp³-hybridized carbons (Fsp3) is 0.167. The first kappa shape index (κ1) is 15.4. The van der Waals surface area contributed by atoms with Gasteiger partial charge in [-0.25, -0.2) is 9.78 Å². The van der Waals surface area contributed by atoms with Gasteiger partial charge in [0.1, 0.15) is 15.6 Å². The maximum Gasteiger partial charge on any atom is 0.350 e. The van der Waals surface area contributed by atoms with E-state index in [2.05, 4.69) is 9.97 Å². The minimum absolute atomic E-state index is 0.336. The van der Waals surface area contributed by atoms with Crippen LogP contribution >= 0.6 is 11.3 Å². The highest BCUT2D eigenvalue weighted by atomic mass is 32.1. The quantitative estimate of drug-likeness (QED) is 0.669. The molecule has 116 valence electrons. The SMILES string of the molecule is CCOC(=O)c1sc(-c2ncccc2C)nc1-c1ccccc1. The van der Waals surface area contributed by atoms with Crippen LogP contribution in [0.3, 0.4) is 0 Å². The molecule has 5 heteroatoms. The highest BCUT2D eigenvalue weighted by molar-refractivity contribution is 7.17. The van der Waals surface area contributed by atoms with Crippen molar-refractivity contribution in [2.24, 2.45) is 0 Å². The highest BCUT2D eigenvalue weighted by Crippen LogP contribution is 2.34. The van der Waals surface area contributed by atoms with Crippen molar-refractivity contribution in [2.75, 3.05) is 6.61 Å². The molecule has 0 saturated heterocycles. The molecule has 0 aliphatic carbocycles. The number of aromatic nitrogens is 2. The molecule has 0 fully saturated rings. The Labute approximate surface area is 138 Å². The summed E-state index contributed by atoms with van der Waals surface area (Å²) < 4.78 is 5.18. The van der Waals surface area contributed by atoms with E-state index in [1.807, 2.05) is 49.4 Å². The van der Waals surface area contributed by atoms with Crippen LogP contribution in [-0.4, -0.2) is 22.5 Å². The van der Waals surface area contributed by atoms with Crippen LogP contribution < -0.4 is 0 Å². The van der Waals surface area contributed by atoms with Crippen molar-refractivity contribution < 1.29 is 9.53 Å². The van der Waals surface area contributed by atoms with Crippen LogP contribution in [0.1, 0.15) is 22.2 Å². The summed E-state index contributed by atoms with van der Waals surface area (Å²) >= 11 is 1.32. The van der Waals surface area contributed by atoms with E-state index in [0.29, 0.717) is 17.2 Å². The van der Waals surface area contributed by atoms with E-state index in [4.69, 9.17) is 4.74 Å². The zero-order valence-corrected chi connectivity index (χ0v) is 13.8. The molecule has 2 aromatic heterocycles. The van der Waals surface area contributed by atoms with Gasteiger partial charge in [0.15, 0.2) is 0 Å². The molecule has 0 unspecified atom stereocenters. The maximum atomic E-state index is 12.3. The number of aryl methyl sites for hydroxylation is 1.